The third-order valence-corrected chi connectivity index (χ3v) is 9.89. The lowest BCUT2D eigenvalue weighted by Crippen LogP contribution is -2.24. The number of hydrogen-bond donors (Lipinski definition) is 1. The lowest BCUT2D eigenvalue weighted by Gasteiger charge is -2.32. The molecule has 0 saturated heterocycles. The number of rotatable bonds is 5. The van der Waals surface area contributed by atoms with Gasteiger partial charge in [-0.25, -0.2) is 4.99 Å². The maximum atomic E-state index is 6.24. The van der Waals surface area contributed by atoms with E-state index in [4.69, 9.17) is 14.5 Å². The van der Waals surface area contributed by atoms with Crippen molar-refractivity contribution in [1.29, 1.82) is 0 Å². The molecular weight excluding hydrogens is 665 g/mol. The van der Waals surface area contributed by atoms with Gasteiger partial charge in [0.1, 0.15) is 5.84 Å². The average Bonchev–Trinajstić information content (AvgIpc) is 3.22. The van der Waals surface area contributed by atoms with Crippen LogP contribution < -0.4 is 24.6 Å². The zero-order valence-electron chi connectivity index (χ0n) is 29.3. The van der Waals surface area contributed by atoms with Crippen molar-refractivity contribution in [2.75, 3.05) is 9.80 Å². The number of anilines is 6. The Balaban J connectivity index is 0.976. The molecule has 10 rings (SSSR count). The van der Waals surface area contributed by atoms with E-state index in [1.807, 2.05) is 91.0 Å². The molecule has 1 N–H and O–H groups in total. The molecule has 0 aromatic heterocycles. The van der Waals surface area contributed by atoms with Gasteiger partial charge in [-0.15, -0.1) is 0 Å². The van der Waals surface area contributed by atoms with E-state index in [-0.39, 0.29) is 0 Å². The van der Waals surface area contributed by atoms with Crippen LogP contribution >= 0.6 is 0 Å². The van der Waals surface area contributed by atoms with Gasteiger partial charge in [0.25, 0.3) is 0 Å². The first-order chi connectivity index (χ1) is 26.8. The summed E-state index contributed by atoms with van der Waals surface area (Å²) in [7, 11) is 0. The van der Waals surface area contributed by atoms with E-state index < -0.39 is 0 Å². The maximum absolute atomic E-state index is 6.24. The predicted molar refractivity (Wildman–Crippen MR) is 219 cm³/mol. The second kappa shape index (κ2) is 13.3. The maximum Gasteiger partial charge on any atom is 0.151 e. The number of nitrogens with zero attached hydrogens (tertiary/aromatic N) is 3. The molecule has 7 aromatic rings. The first-order valence-electron chi connectivity index (χ1n) is 18.1. The summed E-state index contributed by atoms with van der Waals surface area (Å²) in [6.07, 6.45) is 5.15. The Hall–Kier alpha value is -7.31. The number of amidine groups is 1. The van der Waals surface area contributed by atoms with Crippen LogP contribution in [0.5, 0.6) is 23.0 Å². The fourth-order valence-electron chi connectivity index (χ4n) is 7.30. The molecule has 0 radical (unpaired) electrons. The number of para-hydroxylation sites is 8. The van der Waals surface area contributed by atoms with Gasteiger partial charge in [0.05, 0.1) is 28.4 Å². The van der Waals surface area contributed by atoms with Crippen molar-refractivity contribution < 1.29 is 9.47 Å². The predicted octanol–water partition coefficient (Wildman–Crippen LogP) is 12.7. The van der Waals surface area contributed by atoms with Gasteiger partial charge < -0.3 is 24.6 Å². The second-order valence-corrected chi connectivity index (χ2v) is 13.2. The summed E-state index contributed by atoms with van der Waals surface area (Å²) in [6, 6.07) is 60.2. The highest BCUT2D eigenvalue weighted by Gasteiger charge is 2.27. The van der Waals surface area contributed by atoms with Gasteiger partial charge in [0.2, 0.25) is 0 Å². The Kier molecular flexibility index (Phi) is 7.77. The molecule has 6 heteroatoms. The lowest BCUT2D eigenvalue weighted by atomic mass is 10.0. The Bertz CT molecular complexity index is 2520. The molecule has 0 atom stereocenters. The van der Waals surface area contributed by atoms with Crippen LogP contribution in [0, 0.1) is 0 Å². The Labute approximate surface area is 314 Å². The highest BCUT2D eigenvalue weighted by molar-refractivity contribution is 6.06. The Morgan fingerprint density at radius 3 is 1.31 bits per heavy atom. The normalized spacial score (nSPS) is 15.1. The topological polar surface area (TPSA) is 49.3 Å². The summed E-state index contributed by atoms with van der Waals surface area (Å²) in [4.78, 5) is 9.78. The van der Waals surface area contributed by atoms with Crippen LogP contribution in [0.4, 0.5) is 34.1 Å². The van der Waals surface area contributed by atoms with Crippen LogP contribution in [-0.4, -0.2) is 5.84 Å². The summed E-state index contributed by atoms with van der Waals surface area (Å²) in [6.45, 7) is 0. The van der Waals surface area contributed by atoms with Crippen LogP contribution in [-0.2, 0) is 0 Å². The van der Waals surface area contributed by atoms with Gasteiger partial charge in [0, 0.05) is 28.2 Å². The first kappa shape index (κ1) is 31.4. The molecule has 3 heterocycles. The molecule has 0 aliphatic carbocycles. The summed E-state index contributed by atoms with van der Waals surface area (Å²) < 4.78 is 12.5. The van der Waals surface area contributed by atoms with Crippen LogP contribution in [0.3, 0.4) is 0 Å². The van der Waals surface area contributed by atoms with Gasteiger partial charge in [-0.1, -0.05) is 115 Å². The van der Waals surface area contributed by atoms with Crippen LogP contribution in [0.2, 0.25) is 0 Å². The molecule has 0 spiro atoms. The van der Waals surface area contributed by atoms with E-state index in [0.717, 1.165) is 91.0 Å². The van der Waals surface area contributed by atoms with E-state index in [0.29, 0.717) is 6.42 Å². The molecule has 3 aliphatic heterocycles. The van der Waals surface area contributed by atoms with E-state index in [2.05, 4.69) is 112 Å². The number of hydrogen-bond acceptors (Lipinski definition) is 6. The summed E-state index contributed by atoms with van der Waals surface area (Å²) >= 11 is 0. The number of benzene rings is 7. The smallest absolute Gasteiger partial charge is 0.151 e. The average molecular weight is 699 g/mol. The minimum Gasteiger partial charge on any atom is -0.453 e. The van der Waals surface area contributed by atoms with Gasteiger partial charge in [-0.3, -0.25) is 0 Å². The van der Waals surface area contributed by atoms with Crippen LogP contribution in [0.15, 0.2) is 193 Å². The fraction of sp³-hybridized carbons (Fsp3) is 0.0208. The third-order valence-electron chi connectivity index (χ3n) is 9.89. The Morgan fingerprint density at radius 1 is 0.407 bits per heavy atom. The largest absolute Gasteiger partial charge is 0.453 e. The highest BCUT2D eigenvalue weighted by Crippen LogP contribution is 2.51. The molecule has 3 aliphatic rings. The number of aliphatic imine (C=N–C) groups is 1. The molecule has 0 unspecified atom stereocenters. The molecule has 7 aromatic carbocycles. The van der Waals surface area contributed by atoms with E-state index >= 15 is 0 Å². The molecule has 6 nitrogen and oxygen atoms in total. The Morgan fingerprint density at radius 2 is 0.833 bits per heavy atom. The summed E-state index contributed by atoms with van der Waals surface area (Å²) in [5.74, 6) is 4.12. The van der Waals surface area contributed by atoms with Crippen molar-refractivity contribution in [1.82, 2.24) is 5.32 Å². The minimum atomic E-state index is 0.709. The first-order valence-corrected chi connectivity index (χ1v) is 18.1. The molecule has 0 amide bonds. The molecule has 0 saturated carbocycles. The zero-order chi connectivity index (χ0) is 35.8. The van der Waals surface area contributed by atoms with E-state index in [9.17, 15) is 0 Å². The van der Waals surface area contributed by atoms with Crippen molar-refractivity contribution in [3.63, 3.8) is 0 Å². The zero-order valence-corrected chi connectivity index (χ0v) is 29.3. The number of fused-ring (bicyclic) bond motifs is 4. The van der Waals surface area contributed by atoms with Gasteiger partial charge in [-0.05, 0) is 84.8 Å². The second-order valence-electron chi connectivity index (χ2n) is 13.2. The summed E-state index contributed by atoms with van der Waals surface area (Å²) in [5.41, 5.74) is 11.2. The minimum absolute atomic E-state index is 0.709. The fourth-order valence-corrected chi connectivity index (χ4v) is 7.30. The van der Waals surface area contributed by atoms with Gasteiger partial charge >= 0.3 is 0 Å². The molecule has 54 heavy (non-hydrogen) atoms. The lowest BCUT2D eigenvalue weighted by molar-refractivity contribution is 0.477. The van der Waals surface area contributed by atoms with Gasteiger partial charge in [0.15, 0.2) is 23.0 Å². The number of allylic oxidation sites excluding steroid dienone is 2. The quantitative estimate of drug-likeness (QED) is 0.194. The van der Waals surface area contributed by atoms with Crippen molar-refractivity contribution in [3.05, 3.63) is 205 Å². The molecule has 0 fully saturated rings. The number of nitrogens with one attached hydrogen (secondary N) is 1. The standard InChI is InChI=1S/C48H34N4O2/c1-2-13-35(14-3-1)48-49-38(33-25-29-36(30-26-33)51-40-17-4-8-21-44(40)53-45-22-9-5-18-41(45)51)15-12-16-39(50-48)34-27-31-37(32-28-34)52-42-19-6-10-23-46(42)54-47-24-11-7-20-43(47)52/h1-11,13-32H,12H2,(H,49,50)/b38-15-,39-16?. The summed E-state index contributed by atoms with van der Waals surface area (Å²) in [5, 5.41) is 3.72. The SMILES string of the molecule is C1=C(c2ccc(N3c4ccccc4Oc4ccccc43)cc2)N=C(c2ccccc2)N/C(c2ccc(N3c4ccccc4Oc4ccccc43)cc2)=C\C1. The van der Waals surface area contributed by atoms with E-state index in [1.54, 1.807) is 0 Å². The van der Waals surface area contributed by atoms with Crippen LogP contribution in [0.1, 0.15) is 23.1 Å². The molecular formula is C48H34N4O2. The molecule has 258 valence electrons. The van der Waals surface area contributed by atoms with Crippen molar-refractivity contribution in [2.45, 2.75) is 6.42 Å². The van der Waals surface area contributed by atoms with Crippen molar-refractivity contribution in [2.24, 2.45) is 4.99 Å². The number of ether oxygens (including phenoxy) is 2. The van der Waals surface area contributed by atoms with Crippen molar-refractivity contribution >= 4 is 51.4 Å². The third kappa shape index (κ3) is 5.67. The monoisotopic (exact) mass is 698 g/mol. The highest BCUT2D eigenvalue weighted by atomic mass is 16.5. The van der Waals surface area contributed by atoms with Crippen molar-refractivity contribution in [3.8, 4) is 23.0 Å². The van der Waals surface area contributed by atoms with Gasteiger partial charge in [-0.2, -0.15) is 0 Å². The van der Waals surface area contributed by atoms with E-state index in [1.165, 1.54) is 0 Å². The molecule has 0 bridgehead atoms. The van der Waals surface area contributed by atoms with Crippen LogP contribution in [0.25, 0.3) is 11.4 Å².